The Bertz CT molecular complexity index is 580. The Balaban J connectivity index is 2.14. The molecule has 1 aromatic rings. The van der Waals surface area contributed by atoms with Crippen molar-refractivity contribution in [1.82, 2.24) is 0 Å². The maximum absolute atomic E-state index is 13.9. The minimum atomic E-state index is -1.28. The first-order chi connectivity index (χ1) is 9.84. The molecular weight excluding hydrogens is 283 g/mol. The molecule has 0 aromatic heterocycles. The first kappa shape index (κ1) is 15.2. The lowest BCUT2D eigenvalue weighted by Gasteiger charge is -2.23. The summed E-state index contributed by atoms with van der Waals surface area (Å²) in [6, 6.07) is 3.35. The summed E-state index contributed by atoms with van der Waals surface area (Å²) >= 11 is 0. The van der Waals surface area contributed by atoms with E-state index in [4.69, 9.17) is 0 Å². The van der Waals surface area contributed by atoms with Crippen molar-refractivity contribution >= 4 is 17.3 Å². The van der Waals surface area contributed by atoms with Crippen LogP contribution < -0.4 is 4.90 Å². The molecule has 7 nitrogen and oxygen atoms in total. The number of nitrogens with zero attached hydrogens (tertiary/aromatic N) is 2. The number of non-ortho nitro benzene ring substituents is 1. The largest absolute Gasteiger partial charge is 0.469 e. The molecule has 1 aromatic carbocycles. The first-order valence-electron chi connectivity index (χ1n) is 6.33. The van der Waals surface area contributed by atoms with E-state index in [9.17, 15) is 24.4 Å². The van der Waals surface area contributed by atoms with Gasteiger partial charge >= 0.3 is 5.97 Å². The van der Waals surface area contributed by atoms with Crippen molar-refractivity contribution in [3.63, 3.8) is 0 Å². The predicted molar refractivity (Wildman–Crippen MR) is 71.5 cm³/mol. The monoisotopic (exact) mass is 298 g/mol. The highest BCUT2D eigenvalue weighted by Gasteiger charge is 2.39. The molecule has 1 aliphatic rings. The number of anilines is 1. The number of ether oxygens (including phenoxy) is 1. The lowest BCUT2D eigenvalue weighted by Crippen LogP contribution is -2.36. The summed E-state index contributed by atoms with van der Waals surface area (Å²) < 4.78 is 18.4. The average molecular weight is 298 g/mol. The van der Waals surface area contributed by atoms with Gasteiger partial charge in [-0.15, -0.1) is 0 Å². The SMILES string of the molecule is COC(=O)CC1(O)CCN(c2ccc([N+](=O)[O-])cc2F)C1. The second-order valence-corrected chi connectivity index (χ2v) is 5.04. The smallest absolute Gasteiger partial charge is 0.308 e. The molecule has 114 valence electrons. The third-order valence-corrected chi connectivity index (χ3v) is 3.52. The zero-order chi connectivity index (χ0) is 15.6. The normalized spacial score (nSPS) is 21.4. The van der Waals surface area contributed by atoms with Gasteiger partial charge in [0.2, 0.25) is 0 Å². The molecule has 0 bridgehead atoms. The summed E-state index contributed by atoms with van der Waals surface area (Å²) in [7, 11) is 1.23. The topological polar surface area (TPSA) is 92.9 Å². The van der Waals surface area contributed by atoms with Gasteiger partial charge in [-0.05, 0) is 12.5 Å². The van der Waals surface area contributed by atoms with Crippen LogP contribution >= 0.6 is 0 Å². The number of halogens is 1. The number of carbonyl (C=O) groups excluding carboxylic acids is 1. The highest BCUT2D eigenvalue weighted by atomic mass is 19.1. The minimum absolute atomic E-state index is 0.0663. The molecule has 1 N–H and O–H groups in total. The molecule has 1 atom stereocenters. The molecule has 0 spiro atoms. The fourth-order valence-electron chi connectivity index (χ4n) is 2.41. The zero-order valence-electron chi connectivity index (χ0n) is 11.4. The maximum atomic E-state index is 13.9. The van der Waals surface area contributed by atoms with Crippen molar-refractivity contribution in [2.75, 3.05) is 25.1 Å². The van der Waals surface area contributed by atoms with Gasteiger partial charge in [0.1, 0.15) is 0 Å². The Morgan fingerprint density at radius 2 is 2.33 bits per heavy atom. The van der Waals surface area contributed by atoms with Gasteiger partial charge in [0.05, 0.1) is 35.8 Å². The zero-order valence-corrected chi connectivity index (χ0v) is 11.4. The Labute approximate surface area is 120 Å². The highest BCUT2D eigenvalue weighted by Crippen LogP contribution is 2.32. The number of nitro benzene ring substituents is 1. The van der Waals surface area contributed by atoms with Crippen molar-refractivity contribution in [2.24, 2.45) is 0 Å². The lowest BCUT2D eigenvalue weighted by atomic mass is 9.99. The highest BCUT2D eigenvalue weighted by molar-refractivity contribution is 5.71. The van der Waals surface area contributed by atoms with E-state index in [0.717, 1.165) is 6.07 Å². The third kappa shape index (κ3) is 3.27. The van der Waals surface area contributed by atoms with Crippen molar-refractivity contribution in [1.29, 1.82) is 0 Å². The quantitative estimate of drug-likeness (QED) is 0.510. The van der Waals surface area contributed by atoms with E-state index in [2.05, 4.69) is 4.74 Å². The molecule has 1 fully saturated rings. The van der Waals surface area contributed by atoms with Gasteiger partial charge in [-0.2, -0.15) is 0 Å². The fraction of sp³-hybridized carbons (Fsp3) is 0.462. The number of esters is 1. The van der Waals surface area contributed by atoms with Gasteiger partial charge in [-0.25, -0.2) is 4.39 Å². The summed E-state index contributed by atoms with van der Waals surface area (Å²) in [5.74, 6) is -1.27. The Kier molecular flexibility index (Phi) is 4.08. The molecule has 8 heteroatoms. The molecule has 1 aliphatic heterocycles. The van der Waals surface area contributed by atoms with Gasteiger partial charge in [-0.1, -0.05) is 0 Å². The van der Waals surface area contributed by atoms with Gasteiger partial charge < -0.3 is 14.7 Å². The number of hydrogen-bond donors (Lipinski definition) is 1. The van der Waals surface area contributed by atoms with E-state index in [-0.39, 0.29) is 24.3 Å². The van der Waals surface area contributed by atoms with Crippen LogP contribution in [0.15, 0.2) is 18.2 Å². The molecule has 0 radical (unpaired) electrons. The van der Waals surface area contributed by atoms with E-state index in [1.54, 1.807) is 4.90 Å². The van der Waals surface area contributed by atoms with Crippen LogP contribution in [-0.4, -0.2) is 41.8 Å². The number of benzene rings is 1. The third-order valence-electron chi connectivity index (χ3n) is 3.52. The molecule has 21 heavy (non-hydrogen) atoms. The molecule has 2 rings (SSSR count). The molecular formula is C13H15FN2O5. The van der Waals surface area contributed by atoms with Crippen LogP contribution in [0.5, 0.6) is 0 Å². The van der Waals surface area contributed by atoms with Crippen LogP contribution in [0, 0.1) is 15.9 Å². The Morgan fingerprint density at radius 3 is 2.90 bits per heavy atom. The minimum Gasteiger partial charge on any atom is -0.469 e. The van der Waals surface area contributed by atoms with Crippen LogP contribution in [0.2, 0.25) is 0 Å². The second-order valence-electron chi connectivity index (χ2n) is 5.04. The second kappa shape index (κ2) is 5.65. The number of β-amino-alcohol motifs (C(OH)–C–C–N with tert-alkyl or cyclic N) is 1. The summed E-state index contributed by atoms with van der Waals surface area (Å²) in [6.45, 7) is 0.416. The van der Waals surface area contributed by atoms with Crippen LogP contribution in [0.25, 0.3) is 0 Å². The summed E-state index contributed by atoms with van der Waals surface area (Å²) in [4.78, 5) is 22.7. The van der Waals surface area contributed by atoms with Gasteiger partial charge in [0.25, 0.3) is 5.69 Å². The van der Waals surface area contributed by atoms with Crippen molar-refractivity contribution in [3.05, 3.63) is 34.1 Å². The molecule has 0 amide bonds. The van der Waals surface area contributed by atoms with Gasteiger partial charge in [-0.3, -0.25) is 14.9 Å². The number of rotatable bonds is 4. The fourth-order valence-corrected chi connectivity index (χ4v) is 2.41. The summed E-state index contributed by atoms with van der Waals surface area (Å²) in [6.07, 6.45) is 0.118. The molecule has 0 aliphatic carbocycles. The average Bonchev–Trinajstić information content (AvgIpc) is 2.80. The van der Waals surface area contributed by atoms with Crippen LogP contribution in [0.4, 0.5) is 15.8 Å². The first-order valence-corrected chi connectivity index (χ1v) is 6.33. The number of nitro groups is 1. The van der Waals surface area contributed by atoms with Crippen molar-refractivity contribution < 1.29 is 24.0 Å². The number of carbonyl (C=O) groups is 1. The van der Waals surface area contributed by atoms with E-state index < -0.39 is 22.3 Å². The van der Waals surface area contributed by atoms with Crippen LogP contribution in [0.1, 0.15) is 12.8 Å². The maximum Gasteiger partial charge on any atom is 0.308 e. The number of methoxy groups -OCH3 is 1. The molecule has 1 saturated heterocycles. The number of aliphatic hydroxyl groups is 1. The van der Waals surface area contributed by atoms with E-state index in [1.165, 1.54) is 19.2 Å². The molecule has 1 unspecified atom stereocenters. The van der Waals surface area contributed by atoms with Crippen LogP contribution in [-0.2, 0) is 9.53 Å². The molecule has 1 heterocycles. The Morgan fingerprint density at radius 1 is 1.62 bits per heavy atom. The van der Waals surface area contributed by atoms with E-state index >= 15 is 0 Å². The van der Waals surface area contributed by atoms with Crippen molar-refractivity contribution in [2.45, 2.75) is 18.4 Å². The van der Waals surface area contributed by atoms with E-state index in [0.29, 0.717) is 13.0 Å². The Hall–Kier alpha value is -2.22. The summed E-state index contributed by atoms with van der Waals surface area (Å²) in [5.41, 5.74) is -1.44. The van der Waals surface area contributed by atoms with Crippen molar-refractivity contribution in [3.8, 4) is 0 Å². The number of hydrogen-bond acceptors (Lipinski definition) is 6. The lowest BCUT2D eigenvalue weighted by molar-refractivity contribution is -0.385. The standard InChI is InChI=1S/C13H15FN2O5/c1-21-12(17)7-13(18)4-5-15(8-13)11-3-2-9(16(19)20)6-10(11)14/h2-3,6,18H,4-5,7-8H2,1H3. The van der Waals surface area contributed by atoms with Gasteiger partial charge in [0, 0.05) is 19.2 Å². The predicted octanol–water partition coefficient (Wildman–Crippen LogP) is 1.24. The molecule has 0 saturated carbocycles. The van der Waals surface area contributed by atoms with E-state index in [1.807, 2.05) is 0 Å². The van der Waals surface area contributed by atoms with Crippen LogP contribution in [0.3, 0.4) is 0 Å². The van der Waals surface area contributed by atoms with Gasteiger partial charge in [0.15, 0.2) is 5.82 Å². The summed E-state index contributed by atoms with van der Waals surface area (Å²) in [5, 5.41) is 20.9.